The summed E-state index contributed by atoms with van der Waals surface area (Å²) in [5.41, 5.74) is 5.63. The summed E-state index contributed by atoms with van der Waals surface area (Å²) in [6.45, 7) is 2.04. The molecule has 0 unspecified atom stereocenters. The molecule has 0 atom stereocenters. The number of rotatable bonds is 5. The Labute approximate surface area is 209 Å². The fourth-order valence-electron chi connectivity index (χ4n) is 3.39. The molecule has 0 aliphatic heterocycles. The van der Waals surface area contributed by atoms with E-state index >= 15 is 0 Å². The standard InChI is InChI=1S/C25H20BrClN4O3/c1-15-4-2-3-5-20(15)29-23(32)22-13-17-12-18(26)8-11-21(17)31(22)30-25(34)24(33)28-14-16-6-9-19(27)10-7-16/h2-13H,14H2,1H3,(H,28,33)(H,29,32)(H,30,34). The lowest BCUT2D eigenvalue weighted by Gasteiger charge is -2.13. The first-order valence-electron chi connectivity index (χ1n) is 10.3. The summed E-state index contributed by atoms with van der Waals surface area (Å²) in [5.74, 6) is -2.16. The minimum Gasteiger partial charge on any atom is -0.344 e. The number of nitrogens with zero attached hydrogens (tertiary/aromatic N) is 1. The Bertz CT molecular complexity index is 1400. The number of hydrogen-bond donors (Lipinski definition) is 3. The van der Waals surface area contributed by atoms with Crippen LogP contribution in [0.1, 0.15) is 21.6 Å². The summed E-state index contributed by atoms with van der Waals surface area (Å²) in [6.07, 6.45) is 0. The highest BCUT2D eigenvalue weighted by Gasteiger charge is 2.21. The van der Waals surface area contributed by atoms with Crippen LogP contribution in [0.4, 0.5) is 5.69 Å². The number of hydrogen-bond acceptors (Lipinski definition) is 3. The number of para-hydroxylation sites is 1. The first-order chi connectivity index (χ1) is 16.3. The van der Waals surface area contributed by atoms with Gasteiger partial charge < -0.3 is 10.6 Å². The van der Waals surface area contributed by atoms with Crippen LogP contribution in [0.15, 0.2) is 77.3 Å². The zero-order valence-corrected chi connectivity index (χ0v) is 20.4. The Kier molecular flexibility index (Phi) is 7.00. The smallest absolute Gasteiger partial charge is 0.328 e. The molecule has 0 saturated heterocycles. The molecule has 4 aromatic rings. The normalized spacial score (nSPS) is 10.7. The summed E-state index contributed by atoms with van der Waals surface area (Å²) in [7, 11) is 0. The number of nitrogens with one attached hydrogen (secondary N) is 3. The lowest BCUT2D eigenvalue weighted by atomic mass is 10.2. The van der Waals surface area contributed by atoms with Gasteiger partial charge in [0.05, 0.1) is 5.52 Å². The molecular weight excluding hydrogens is 520 g/mol. The highest BCUT2D eigenvalue weighted by atomic mass is 79.9. The molecule has 34 heavy (non-hydrogen) atoms. The molecule has 0 fully saturated rings. The summed E-state index contributed by atoms with van der Waals surface area (Å²) in [5, 5.41) is 6.72. The largest absolute Gasteiger partial charge is 0.344 e. The van der Waals surface area contributed by atoms with Gasteiger partial charge in [0, 0.05) is 27.1 Å². The van der Waals surface area contributed by atoms with Crippen molar-refractivity contribution in [1.82, 2.24) is 9.99 Å². The van der Waals surface area contributed by atoms with Crippen molar-refractivity contribution >= 4 is 61.8 Å². The third-order valence-corrected chi connectivity index (χ3v) is 5.92. The average molecular weight is 540 g/mol. The second kappa shape index (κ2) is 10.1. The molecule has 172 valence electrons. The van der Waals surface area contributed by atoms with Crippen molar-refractivity contribution in [3.8, 4) is 0 Å². The molecular formula is C25H20BrClN4O3. The Morgan fingerprint density at radius 3 is 2.41 bits per heavy atom. The van der Waals surface area contributed by atoms with Crippen molar-refractivity contribution < 1.29 is 14.4 Å². The Hall–Kier alpha value is -3.62. The monoisotopic (exact) mass is 538 g/mol. The fourth-order valence-corrected chi connectivity index (χ4v) is 3.90. The van der Waals surface area contributed by atoms with Gasteiger partial charge in [0.1, 0.15) is 5.69 Å². The predicted octanol–water partition coefficient (Wildman–Crippen LogP) is 5.00. The van der Waals surface area contributed by atoms with Crippen LogP contribution >= 0.6 is 27.5 Å². The average Bonchev–Trinajstić information content (AvgIpc) is 3.17. The zero-order chi connectivity index (χ0) is 24.2. The number of carbonyl (C=O) groups is 3. The van der Waals surface area contributed by atoms with E-state index in [0.29, 0.717) is 21.6 Å². The summed E-state index contributed by atoms with van der Waals surface area (Å²) < 4.78 is 2.13. The first-order valence-corrected chi connectivity index (χ1v) is 11.5. The van der Waals surface area contributed by atoms with Crippen molar-refractivity contribution in [2.45, 2.75) is 13.5 Å². The maximum atomic E-state index is 13.1. The predicted molar refractivity (Wildman–Crippen MR) is 136 cm³/mol. The number of benzene rings is 3. The quantitative estimate of drug-likeness (QED) is 0.312. The summed E-state index contributed by atoms with van der Waals surface area (Å²) in [4.78, 5) is 38.2. The molecule has 4 rings (SSSR count). The van der Waals surface area contributed by atoms with Crippen LogP contribution in [0.5, 0.6) is 0 Å². The van der Waals surface area contributed by atoms with E-state index in [2.05, 4.69) is 32.0 Å². The molecule has 0 spiro atoms. The molecule has 7 nitrogen and oxygen atoms in total. The van der Waals surface area contributed by atoms with E-state index in [1.54, 1.807) is 48.5 Å². The van der Waals surface area contributed by atoms with E-state index in [0.717, 1.165) is 15.6 Å². The molecule has 1 aromatic heterocycles. The topological polar surface area (TPSA) is 92.2 Å². The van der Waals surface area contributed by atoms with Gasteiger partial charge in [-0.3, -0.25) is 19.8 Å². The van der Waals surface area contributed by atoms with Gasteiger partial charge in [-0.15, -0.1) is 0 Å². The van der Waals surface area contributed by atoms with Crippen molar-refractivity contribution in [3.05, 3.63) is 99.1 Å². The lowest BCUT2D eigenvalue weighted by molar-refractivity contribution is -0.136. The number of fused-ring (bicyclic) bond motifs is 1. The van der Waals surface area contributed by atoms with Crippen molar-refractivity contribution in [3.63, 3.8) is 0 Å². The Morgan fingerprint density at radius 2 is 1.68 bits per heavy atom. The Balaban J connectivity index is 1.57. The van der Waals surface area contributed by atoms with Gasteiger partial charge in [-0.05, 0) is 60.5 Å². The molecule has 1 heterocycles. The SMILES string of the molecule is Cc1ccccc1NC(=O)c1cc2cc(Br)ccc2n1NC(=O)C(=O)NCc1ccc(Cl)cc1. The van der Waals surface area contributed by atoms with E-state index < -0.39 is 17.7 Å². The molecule has 3 amide bonds. The lowest BCUT2D eigenvalue weighted by Crippen LogP contribution is -2.39. The van der Waals surface area contributed by atoms with Gasteiger partial charge in [0.15, 0.2) is 0 Å². The van der Waals surface area contributed by atoms with Crippen LogP contribution in [-0.2, 0) is 16.1 Å². The zero-order valence-electron chi connectivity index (χ0n) is 18.1. The van der Waals surface area contributed by atoms with E-state index in [9.17, 15) is 14.4 Å². The van der Waals surface area contributed by atoms with E-state index in [1.807, 2.05) is 31.2 Å². The van der Waals surface area contributed by atoms with Gasteiger partial charge in [-0.25, -0.2) is 4.68 Å². The Morgan fingerprint density at radius 1 is 0.941 bits per heavy atom. The number of anilines is 1. The van der Waals surface area contributed by atoms with Gasteiger partial charge in [-0.1, -0.05) is 57.9 Å². The van der Waals surface area contributed by atoms with Crippen LogP contribution in [0.3, 0.4) is 0 Å². The minimum absolute atomic E-state index is 0.156. The van der Waals surface area contributed by atoms with Crippen LogP contribution in [0.2, 0.25) is 5.02 Å². The van der Waals surface area contributed by atoms with Crippen LogP contribution in [0.25, 0.3) is 10.9 Å². The molecule has 0 radical (unpaired) electrons. The minimum atomic E-state index is -0.903. The molecule has 9 heteroatoms. The van der Waals surface area contributed by atoms with E-state index in [4.69, 9.17) is 11.6 Å². The van der Waals surface area contributed by atoms with E-state index in [-0.39, 0.29) is 12.2 Å². The van der Waals surface area contributed by atoms with E-state index in [1.165, 1.54) is 4.68 Å². The molecule has 3 aromatic carbocycles. The van der Waals surface area contributed by atoms with Gasteiger partial charge in [0.25, 0.3) is 5.91 Å². The highest BCUT2D eigenvalue weighted by molar-refractivity contribution is 9.10. The number of carbonyl (C=O) groups excluding carboxylic acids is 3. The third-order valence-electron chi connectivity index (χ3n) is 5.18. The van der Waals surface area contributed by atoms with Crippen molar-refractivity contribution in [1.29, 1.82) is 0 Å². The first kappa shape index (κ1) is 23.5. The molecule has 3 N–H and O–H groups in total. The number of amides is 3. The fraction of sp³-hybridized carbons (Fsp3) is 0.0800. The van der Waals surface area contributed by atoms with Gasteiger partial charge >= 0.3 is 11.8 Å². The summed E-state index contributed by atoms with van der Waals surface area (Å²) >= 11 is 9.29. The molecule has 0 aliphatic carbocycles. The second-order valence-electron chi connectivity index (χ2n) is 7.59. The second-order valence-corrected chi connectivity index (χ2v) is 8.94. The number of aromatic nitrogens is 1. The van der Waals surface area contributed by atoms with Gasteiger partial charge in [0.2, 0.25) is 0 Å². The molecule has 0 saturated carbocycles. The van der Waals surface area contributed by atoms with Crippen LogP contribution < -0.4 is 16.1 Å². The van der Waals surface area contributed by atoms with Crippen molar-refractivity contribution in [2.75, 3.05) is 10.7 Å². The highest BCUT2D eigenvalue weighted by Crippen LogP contribution is 2.24. The number of aryl methyl sites for hydroxylation is 1. The van der Waals surface area contributed by atoms with Gasteiger partial charge in [-0.2, -0.15) is 0 Å². The third kappa shape index (κ3) is 5.30. The maximum absolute atomic E-state index is 13.1. The van der Waals surface area contributed by atoms with Crippen LogP contribution in [0, 0.1) is 6.92 Å². The molecule has 0 bridgehead atoms. The molecule has 0 aliphatic rings. The number of halogens is 2. The maximum Gasteiger partial charge on any atom is 0.328 e. The summed E-state index contributed by atoms with van der Waals surface area (Å²) in [6, 6.07) is 21.3. The van der Waals surface area contributed by atoms with Crippen molar-refractivity contribution in [2.24, 2.45) is 0 Å². The van der Waals surface area contributed by atoms with Crippen LogP contribution in [-0.4, -0.2) is 22.4 Å².